The molecule has 0 saturated carbocycles. The number of hydrogen-bond acceptors (Lipinski definition) is 5. The number of likely N-dealkylation sites (tertiary alicyclic amines) is 1. The fourth-order valence-corrected chi connectivity index (χ4v) is 2.47. The maximum absolute atomic E-state index is 9.23. The Morgan fingerprint density at radius 3 is 3.16 bits per heavy atom. The first-order valence-corrected chi connectivity index (χ1v) is 6.49. The fraction of sp³-hybridized carbons (Fsp3) is 0.538. The van der Waals surface area contributed by atoms with Crippen molar-refractivity contribution in [3.05, 3.63) is 29.6 Å². The molecule has 1 aromatic heterocycles. The van der Waals surface area contributed by atoms with Crippen LogP contribution in [0.4, 0.5) is 0 Å². The van der Waals surface area contributed by atoms with Crippen LogP contribution in [0.3, 0.4) is 0 Å². The van der Waals surface area contributed by atoms with Gasteiger partial charge < -0.3 is 16.0 Å². The summed E-state index contributed by atoms with van der Waals surface area (Å²) in [6.07, 6.45) is 3.87. The first kappa shape index (κ1) is 13.8. The molecule has 1 aromatic rings. The van der Waals surface area contributed by atoms with Crippen LogP contribution in [0.15, 0.2) is 23.5 Å². The molecule has 0 spiro atoms. The number of aromatic nitrogens is 1. The van der Waals surface area contributed by atoms with Gasteiger partial charge in [-0.25, -0.2) is 0 Å². The van der Waals surface area contributed by atoms with Crippen LogP contribution in [0.1, 0.15) is 24.1 Å². The van der Waals surface area contributed by atoms with Crippen LogP contribution in [-0.4, -0.2) is 45.7 Å². The number of hydrogen-bond donors (Lipinski definition) is 3. The van der Waals surface area contributed by atoms with E-state index in [4.69, 9.17) is 10.9 Å². The van der Waals surface area contributed by atoms with E-state index < -0.39 is 0 Å². The molecule has 4 N–H and O–H groups in total. The van der Waals surface area contributed by atoms with Gasteiger partial charge in [-0.2, -0.15) is 0 Å². The largest absolute Gasteiger partial charge is 0.409 e. The van der Waals surface area contributed by atoms with E-state index in [-0.39, 0.29) is 12.4 Å². The molecule has 104 valence electrons. The molecule has 6 heteroatoms. The summed E-state index contributed by atoms with van der Waals surface area (Å²) >= 11 is 0. The van der Waals surface area contributed by atoms with Gasteiger partial charge in [0.2, 0.25) is 0 Å². The highest BCUT2D eigenvalue weighted by atomic mass is 16.4. The van der Waals surface area contributed by atoms with Gasteiger partial charge in [-0.3, -0.25) is 9.88 Å². The predicted molar refractivity (Wildman–Crippen MR) is 71.8 cm³/mol. The lowest BCUT2D eigenvalue weighted by Gasteiger charge is -2.31. The summed E-state index contributed by atoms with van der Waals surface area (Å²) in [4.78, 5) is 6.38. The molecular weight excluding hydrogens is 244 g/mol. The second-order valence-corrected chi connectivity index (χ2v) is 4.96. The van der Waals surface area contributed by atoms with E-state index in [1.807, 2.05) is 12.1 Å². The molecule has 1 atom stereocenters. The van der Waals surface area contributed by atoms with E-state index >= 15 is 0 Å². The Hall–Kier alpha value is -1.66. The monoisotopic (exact) mass is 264 g/mol. The lowest BCUT2D eigenvalue weighted by molar-refractivity contribution is 0.116. The third-order valence-electron chi connectivity index (χ3n) is 3.46. The van der Waals surface area contributed by atoms with Gasteiger partial charge in [0.05, 0.1) is 0 Å². The molecule has 1 aliphatic heterocycles. The number of oxime groups is 1. The van der Waals surface area contributed by atoms with Crippen LogP contribution in [0.5, 0.6) is 0 Å². The second kappa shape index (κ2) is 6.49. The molecule has 1 fully saturated rings. The summed E-state index contributed by atoms with van der Waals surface area (Å²) < 4.78 is 0. The van der Waals surface area contributed by atoms with Gasteiger partial charge in [-0.15, -0.1) is 0 Å². The maximum atomic E-state index is 9.23. The number of rotatable bonds is 4. The van der Waals surface area contributed by atoms with Gasteiger partial charge in [0.1, 0.15) is 5.69 Å². The average molecular weight is 264 g/mol. The first-order valence-electron chi connectivity index (χ1n) is 6.49. The van der Waals surface area contributed by atoms with Gasteiger partial charge in [-0.1, -0.05) is 5.16 Å². The predicted octanol–water partition coefficient (Wildman–Crippen LogP) is 0.380. The molecule has 0 bridgehead atoms. The zero-order valence-corrected chi connectivity index (χ0v) is 10.9. The van der Waals surface area contributed by atoms with Crippen molar-refractivity contribution in [2.75, 3.05) is 19.7 Å². The van der Waals surface area contributed by atoms with E-state index in [0.29, 0.717) is 11.6 Å². The van der Waals surface area contributed by atoms with Crippen molar-refractivity contribution in [3.63, 3.8) is 0 Å². The summed E-state index contributed by atoms with van der Waals surface area (Å²) in [5.74, 6) is 0.396. The highest BCUT2D eigenvalue weighted by Gasteiger charge is 2.19. The van der Waals surface area contributed by atoms with Crippen molar-refractivity contribution in [3.8, 4) is 0 Å². The molecule has 2 heterocycles. The molecule has 0 aliphatic carbocycles. The minimum Gasteiger partial charge on any atom is -0.409 e. The van der Waals surface area contributed by atoms with Crippen LogP contribution in [0, 0.1) is 5.92 Å². The summed E-state index contributed by atoms with van der Waals surface area (Å²) in [6.45, 7) is 3.00. The average Bonchev–Trinajstić information content (AvgIpc) is 2.47. The number of amidine groups is 1. The number of aliphatic hydroxyl groups excluding tert-OH is 1. The van der Waals surface area contributed by atoms with Crippen LogP contribution in [-0.2, 0) is 6.54 Å². The van der Waals surface area contributed by atoms with E-state index in [9.17, 15) is 5.11 Å². The van der Waals surface area contributed by atoms with E-state index in [2.05, 4.69) is 15.0 Å². The van der Waals surface area contributed by atoms with Gasteiger partial charge in [0, 0.05) is 25.9 Å². The third kappa shape index (κ3) is 3.65. The molecular formula is C13H20N4O2. The summed E-state index contributed by atoms with van der Waals surface area (Å²) in [7, 11) is 0. The second-order valence-electron chi connectivity index (χ2n) is 4.96. The normalized spacial score (nSPS) is 21.5. The van der Waals surface area contributed by atoms with Crippen molar-refractivity contribution >= 4 is 5.84 Å². The van der Waals surface area contributed by atoms with Crippen LogP contribution in [0.2, 0.25) is 0 Å². The number of piperidine rings is 1. The van der Waals surface area contributed by atoms with Crippen molar-refractivity contribution in [1.29, 1.82) is 0 Å². The Labute approximate surface area is 112 Å². The molecule has 19 heavy (non-hydrogen) atoms. The molecule has 0 amide bonds. The van der Waals surface area contributed by atoms with Crippen LogP contribution < -0.4 is 5.73 Å². The SMILES string of the molecule is NC(=NO)c1cc(CN2CCCC(CO)C2)ccn1. The van der Waals surface area contributed by atoms with E-state index in [1.54, 1.807) is 6.20 Å². The first-order chi connectivity index (χ1) is 9.22. The smallest absolute Gasteiger partial charge is 0.188 e. The Balaban J connectivity index is 2.02. The molecule has 0 radical (unpaired) electrons. The van der Waals surface area contributed by atoms with Crippen molar-refractivity contribution in [1.82, 2.24) is 9.88 Å². The Morgan fingerprint density at radius 2 is 2.42 bits per heavy atom. The zero-order valence-electron chi connectivity index (χ0n) is 10.9. The molecule has 6 nitrogen and oxygen atoms in total. The standard InChI is InChI=1S/C13H20N4O2/c14-13(16-19)12-6-10(3-4-15-12)7-17-5-1-2-11(8-17)9-18/h3-4,6,11,18-19H,1-2,5,7-9H2,(H2,14,16). The number of pyridine rings is 1. The van der Waals surface area contributed by atoms with Gasteiger partial charge >= 0.3 is 0 Å². The van der Waals surface area contributed by atoms with Gasteiger partial charge in [0.25, 0.3) is 0 Å². The molecule has 2 rings (SSSR count). The van der Waals surface area contributed by atoms with E-state index in [1.165, 1.54) is 0 Å². The Morgan fingerprint density at radius 1 is 1.58 bits per heavy atom. The van der Waals surface area contributed by atoms with Crippen molar-refractivity contribution in [2.45, 2.75) is 19.4 Å². The van der Waals surface area contributed by atoms with Gasteiger partial charge in [-0.05, 0) is 43.0 Å². The minimum atomic E-state index is 0.0220. The van der Waals surface area contributed by atoms with Gasteiger partial charge in [0.15, 0.2) is 5.84 Å². The van der Waals surface area contributed by atoms with Crippen molar-refractivity contribution in [2.24, 2.45) is 16.8 Å². The number of nitrogens with zero attached hydrogens (tertiary/aromatic N) is 3. The minimum absolute atomic E-state index is 0.0220. The van der Waals surface area contributed by atoms with Crippen molar-refractivity contribution < 1.29 is 10.3 Å². The number of nitrogens with two attached hydrogens (primary N) is 1. The highest BCUT2D eigenvalue weighted by Crippen LogP contribution is 2.18. The lowest BCUT2D eigenvalue weighted by atomic mass is 9.98. The maximum Gasteiger partial charge on any atom is 0.188 e. The molecule has 1 aliphatic rings. The summed E-state index contributed by atoms with van der Waals surface area (Å²) in [5.41, 5.74) is 7.09. The topological polar surface area (TPSA) is 95.0 Å². The Bertz CT molecular complexity index is 450. The highest BCUT2D eigenvalue weighted by molar-refractivity contribution is 5.95. The lowest BCUT2D eigenvalue weighted by Crippen LogP contribution is -2.36. The zero-order chi connectivity index (χ0) is 13.7. The molecule has 1 unspecified atom stereocenters. The summed E-state index contributed by atoms with van der Waals surface area (Å²) in [5, 5.41) is 20.8. The summed E-state index contributed by atoms with van der Waals surface area (Å²) in [6, 6.07) is 3.76. The van der Waals surface area contributed by atoms with Crippen LogP contribution in [0.25, 0.3) is 0 Å². The number of aliphatic hydroxyl groups is 1. The third-order valence-corrected chi connectivity index (χ3v) is 3.46. The fourth-order valence-electron chi connectivity index (χ4n) is 2.47. The van der Waals surface area contributed by atoms with Crippen LogP contribution >= 0.6 is 0 Å². The molecule has 1 saturated heterocycles. The molecule has 0 aromatic carbocycles. The quantitative estimate of drug-likeness (QED) is 0.316. The van der Waals surface area contributed by atoms with E-state index in [0.717, 1.165) is 38.0 Å². The Kier molecular flexibility index (Phi) is 4.70.